The van der Waals surface area contributed by atoms with Gasteiger partial charge in [0.05, 0.1) is 16.7 Å². The number of para-hydroxylation sites is 1. The minimum absolute atomic E-state index is 0.114. The SMILES string of the molecule is CCC1OC(C)=Cn2c3ccccc3c3cc(C(O)(CC)CC)nc1c32. The van der Waals surface area contributed by atoms with Crippen molar-refractivity contribution in [2.24, 2.45) is 0 Å². The average Bonchev–Trinajstić information content (AvgIpc) is 2.89. The molecular weight excluding hydrogens is 324 g/mol. The van der Waals surface area contributed by atoms with Gasteiger partial charge in [0.2, 0.25) is 0 Å². The fourth-order valence-corrected chi connectivity index (χ4v) is 4.03. The van der Waals surface area contributed by atoms with Crippen LogP contribution in [0.4, 0.5) is 0 Å². The van der Waals surface area contributed by atoms with Crippen LogP contribution in [0.25, 0.3) is 28.0 Å². The molecule has 136 valence electrons. The summed E-state index contributed by atoms with van der Waals surface area (Å²) in [6, 6.07) is 10.5. The van der Waals surface area contributed by atoms with Gasteiger partial charge in [0.1, 0.15) is 23.2 Å². The minimum atomic E-state index is -0.916. The molecule has 0 bridgehead atoms. The van der Waals surface area contributed by atoms with E-state index in [4.69, 9.17) is 9.72 Å². The third kappa shape index (κ3) is 2.36. The molecule has 26 heavy (non-hydrogen) atoms. The van der Waals surface area contributed by atoms with Crippen molar-refractivity contribution in [1.29, 1.82) is 0 Å². The van der Waals surface area contributed by atoms with Gasteiger partial charge in [-0.15, -0.1) is 0 Å². The van der Waals surface area contributed by atoms with Gasteiger partial charge in [0, 0.05) is 17.0 Å². The zero-order chi connectivity index (χ0) is 18.5. The maximum atomic E-state index is 11.1. The quantitative estimate of drug-likeness (QED) is 0.676. The summed E-state index contributed by atoms with van der Waals surface area (Å²) in [6.45, 7) is 8.12. The van der Waals surface area contributed by atoms with Crippen LogP contribution in [0.5, 0.6) is 0 Å². The smallest absolute Gasteiger partial charge is 0.142 e. The molecule has 0 amide bonds. The van der Waals surface area contributed by atoms with Crippen LogP contribution in [-0.2, 0) is 10.3 Å². The number of aromatic nitrogens is 2. The maximum absolute atomic E-state index is 11.1. The number of nitrogens with zero attached hydrogens (tertiary/aromatic N) is 2. The number of pyridine rings is 1. The van der Waals surface area contributed by atoms with E-state index in [1.165, 1.54) is 5.39 Å². The van der Waals surface area contributed by atoms with Crippen LogP contribution in [0.3, 0.4) is 0 Å². The molecule has 0 fully saturated rings. The molecule has 2 aromatic heterocycles. The van der Waals surface area contributed by atoms with Gasteiger partial charge < -0.3 is 14.4 Å². The number of aliphatic hydroxyl groups is 1. The van der Waals surface area contributed by atoms with Crippen LogP contribution in [-0.4, -0.2) is 14.7 Å². The van der Waals surface area contributed by atoms with Crippen LogP contribution in [0.2, 0.25) is 0 Å². The number of fused-ring (bicyclic) bond motifs is 3. The highest BCUT2D eigenvalue weighted by atomic mass is 16.5. The lowest BCUT2D eigenvalue weighted by Crippen LogP contribution is -2.26. The van der Waals surface area contributed by atoms with E-state index in [-0.39, 0.29) is 6.10 Å². The van der Waals surface area contributed by atoms with Crippen LogP contribution >= 0.6 is 0 Å². The van der Waals surface area contributed by atoms with Gasteiger partial charge in [-0.1, -0.05) is 39.0 Å². The maximum Gasteiger partial charge on any atom is 0.142 e. The first kappa shape index (κ1) is 17.1. The van der Waals surface area contributed by atoms with Gasteiger partial charge in [-0.25, -0.2) is 4.98 Å². The van der Waals surface area contributed by atoms with Crippen molar-refractivity contribution < 1.29 is 9.84 Å². The average molecular weight is 350 g/mol. The van der Waals surface area contributed by atoms with Crippen LogP contribution in [0.15, 0.2) is 36.1 Å². The van der Waals surface area contributed by atoms with Crippen LogP contribution in [0.1, 0.15) is 64.4 Å². The highest BCUT2D eigenvalue weighted by Gasteiger charge is 2.31. The zero-order valence-corrected chi connectivity index (χ0v) is 15.9. The van der Waals surface area contributed by atoms with Crippen molar-refractivity contribution in [3.8, 4) is 0 Å². The van der Waals surface area contributed by atoms with E-state index in [1.54, 1.807) is 0 Å². The fourth-order valence-electron chi connectivity index (χ4n) is 4.03. The summed E-state index contributed by atoms with van der Waals surface area (Å²) in [5.41, 5.74) is 2.98. The molecule has 0 spiro atoms. The summed E-state index contributed by atoms with van der Waals surface area (Å²) in [5, 5.41) is 13.5. The lowest BCUT2D eigenvalue weighted by Gasteiger charge is -2.26. The zero-order valence-electron chi connectivity index (χ0n) is 15.9. The molecule has 1 aromatic carbocycles. The van der Waals surface area contributed by atoms with Crippen molar-refractivity contribution in [1.82, 2.24) is 9.55 Å². The molecule has 4 nitrogen and oxygen atoms in total. The molecule has 1 unspecified atom stereocenters. The first-order valence-electron chi connectivity index (χ1n) is 9.53. The molecule has 4 rings (SSSR count). The summed E-state index contributed by atoms with van der Waals surface area (Å²) >= 11 is 0. The lowest BCUT2D eigenvalue weighted by molar-refractivity contribution is 0.0232. The Kier molecular flexibility index (Phi) is 4.03. The topological polar surface area (TPSA) is 47.3 Å². The number of hydrogen-bond acceptors (Lipinski definition) is 3. The monoisotopic (exact) mass is 350 g/mol. The number of rotatable bonds is 4. The van der Waals surface area contributed by atoms with E-state index < -0.39 is 5.60 Å². The van der Waals surface area contributed by atoms with E-state index >= 15 is 0 Å². The molecule has 0 aliphatic carbocycles. The standard InChI is InChI=1S/C22H26N2O2/c1-5-18-20-21-16(12-19(23-20)22(25,6-2)7-3)15-10-8-9-11-17(15)24(21)13-14(4)26-18/h8-13,18,25H,5-7H2,1-4H3. The van der Waals surface area contributed by atoms with Crippen molar-refractivity contribution in [2.45, 2.75) is 58.7 Å². The normalized spacial score (nSPS) is 17.3. The third-order valence-corrected chi connectivity index (χ3v) is 5.68. The summed E-state index contributed by atoms with van der Waals surface area (Å²) in [4.78, 5) is 4.96. The highest BCUT2D eigenvalue weighted by Crippen LogP contribution is 2.40. The van der Waals surface area contributed by atoms with Crippen LogP contribution in [0, 0.1) is 0 Å². The molecule has 4 heteroatoms. The molecule has 0 radical (unpaired) electrons. The third-order valence-electron chi connectivity index (χ3n) is 5.68. The Labute approximate surface area is 154 Å². The molecule has 3 heterocycles. The first-order chi connectivity index (χ1) is 12.5. The van der Waals surface area contributed by atoms with E-state index in [0.29, 0.717) is 12.8 Å². The Bertz CT molecular complexity index is 1010. The van der Waals surface area contributed by atoms with Crippen molar-refractivity contribution in [3.05, 3.63) is 47.5 Å². The second-order valence-corrected chi connectivity index (χ2v) is 7.17. The van der Waals surface area contributed by atoms with E-state index in [1.807, 2.05) is 20.8 Å². The molecule has 1 N–H and O–H groups in total. The second-order valence-electron chi connectivity index (χ2n) is 7.17. The van der Waals surface area contributed by atoms with E-state index in [0.717, 1.165) is 40.0 Å². The highest BCUT2D eigenvalue weighted by molar-refractivity contribution is 6.10. The summed E-state index contributed by atoms with van der Waals surface area (Å²) in [6.07, 6.45) is 4.04. The summed E-state index contributed by atoms with van der Waals surface area (Å²) in [5.74, 6) is 0.875. The van der Waals surface area contributed by atoms with Gasteiger partial charge in [-0.2, -0.15) is 0 Å². The predicted molar refractivity (Wildman–Crippen MR) is 106 cm³/mol. The van der Waals surface area contributed by atoms with Gasteiger partial charge in [-0.05, 0) is 38.3 Å². The van der Waals surface area contributed by atoms with Gasteiger partial charge in [0.25, 0.3) is 0 Å². The van der Waals surface area contributed by atoms with Gasteiger partial charge in [0.15, 0.2) is 0 Å². The summed E-state index contributed by atoms with van der Waals surface area (Å²) < 4.78 is 8.36. The molecule has 1 aliphatic heterocycles. The first-order valence-corrected chi connectivity index (χ1v) is 9.53. The Morgan fingerprint density at radius 3 is 2.58 bits per heavy atom. The fraction of sp³-hybridized carbons (Fsp3) is 0.409. The molecule has 0 saturated heterocycles. The number of hydrogen-bond donors (Lipinski definition) is 1. The Balaban J connectivity index is 2.17. The minimum Gasteiger partial charge on any atom is -0.487 e. The molecule has 0 saturated carbocycles. The Morgan fingerprint density at radius 2 is 1.88 bits per heavy atom. The Morgan fingerprint density at radius 1 is 1.15 bits per heavy atom. The number of benzene rings is 1. The van der Waals surface area contributed by atoms with Gasteiger partial charge in [-0.3, -0.25) is 0 Å². The molecular formula is C22H26N2O2. The number of ether oxygens (including phenoxy) is 1. The van der Waals surface area contributed by atoms with Crippen molar-refractivity contribution in [3.63, 3.8) is 0 Å². The summed E-state index contributed by atoms with van der Waals surface area (Å²) in [7, 11) is 0. The molecule has 3 aromatic rings. The molecule has 1 aliphatic rings. The molecule has 1 atom stereocenters. The number of allylic oxidation sites excluding steroid dienone is 1. The van der Waals surface area contributed by atoms with E-state index in [2.05, 4.69) is 48.0 Å². The van der Waals surface area contributed by atoms with Gasteiger partial charge >= 0.3 is 0 Å². The second kappa shape index (κ2) is 6.13. The van der Waals surface area contributed by atoms with Crippen molar-refractivity contribution in [2.75, 3.05) is 0 Å². The van der Waals surface area contributed by atoms with Crippen LogP contribution < -0.4 is 0 Å². The lowest BCUT2D eigenvalue weighted by atomic mass is 9.91. The van der Waals surface area contributed by atoms with Crippen molar-refractivity contribution >= 4 is 28.0 Å². The predicted octanol–water partition coefficient (Wildman–Crippen LogP) is 5.50. The largest absolute Gasteiger partial charge is 0.487 e. The van der Waals surface area contributed by atoms with E-state index in [9.17, 15) is 5.11 Å². The Hall–Kier alpha value is -2.33.